The van der Waals surface area contributed by atoms with Crippen molar-refractivity contribution in [1.82, 2.24) is 5.32 Å². The zero-order valence-corrected chi connectivity index (χ0v) is 9.18. The Hall–Kier alpha value is -0.600. The smallest absolute Gasteiger partial charge is 0.151 e. The zero-order chi connectivity index (χ0) is 10.6. The summed E-state index contributed by atoms with van der Waals surface area (Å²) in [6.45, 7) is 2.40. The first-order valence-electron chi connectivity index (χ1n) is 4.87. The van der Waals surface area contributed by atoms with Crippen molar-refractivity contribution in [3.63, 3.8) is 0 Å². The molecule has 2 atom stereocenters. The summed E-state index contributed by atoms with van der Waals surface area (Å²) in [6.07, 6.45) is 1.64. The fraction of sp³-hybridized carbons (Fsp3) is 0.889. The Morgan fingerprint density at radius 2 is 2.36 bits per heavy atom. The maximum absolute atomic E-state index is 11.3. The molecule has 1 aliphatic rings. The number of nitrogens with zero attached hydrogens (tertiary/aromatic N) is 1. The molecular weight excluding hydrogens is 200 g/mol. The molecule has 5 heteroatoms. The van der Waals surface area contributed by atoms with E-state index in [2.05, 4.69) is 11.4 Å². The highest BCUT2D eigenvalue weighted by molar-refractivity contribution is 7.91. The van der Waals surface area contributed by atoms with Crippen LogP contribution in [0.4, 0.5) is 0 Å². The van der Waals surface area contributed by atoms with Crippen LogP contribution in [0.15, 0.2) is 0 Å². The number of sulfone groups is 1. The number of hydrogen-bond donors (Lipinski definition) is 1. The van der Waals surface area contributed by atoms with Crippen LogP contribution < -0.4 is 5.32 Å². The van der Waals surface area contributed by atoms with Gasteiger partial charge in [0.25, 0.3) is 0 Å². The van der Waals surface area contributed by atoms with Gasteiger partial charge in [-0.2, -0.15) is 5.26 Å². The summed E-state index contributed by atoms with van der Waals surface area (Å²) in [6, 6.07) is 2.16. The molecule has 80 valence electrons. The molecule has 0 amide bonds. The summed E-state index contributed by atoms with van der Waals surface area (Å²) in [5, 5.41) is 11.7. The van der Waals surface area contributed by atoms with Crippen LogP contribution in [-0.2, 0) is 9.84 Å². The molecule has 1 rings (SSSR count). The first kappa shape index (κ1) is 11.5. The maximum Gasteiger partial charge on any atom is 0.151 e. The van der Waals surface area contributed by atoms with Gasteiger partial charge in [0.2, 0.25) is 0 Å². The van der Waals surface area contributed by atoms with Crippen molar-refractivity contribution in [3.8, 4) is 6.07 Å². The van der Waals surface area contributed by atoms with Gasteiger partial charge in [-0.25, -0.2) is 8.42 Å². The highest BCUT2D eigenvalue weighted by Gasteiger charge is 2.24. The normalized spacial score (nSPS) is 27.9. The molecule has 14 heavy (non-hydrogen) atoms. The Bertz CT molecular complexity index is 318. The summed E-state index contributed by atoms with van der Waals surface area (Å²) >= 11 is 0. The van der Waals surface area contributed by atoms with E-state index in [-0.39, 0.29) is 17.7 Å². The van der Waals surface area contributed by atoms with Crippen LogP contribution in [-0.4, -0.2) is 32.5 Å². The summed E-state index contributed by atoms with van der Waals surface area (Å²) in [7, 11) is -2.83. The lowest BCUT2D eigenvalue weighted by molar-refractivity contribution is 0.462. The first-order valence-corrected chi connectivity index (χ1v) is 6.69. The van der Waals surface area contributed by atoms with E-state index in [0.29, 0.717) is 12.3 Å². The molecule has 1 saturated heterocycles. The molecule has 4 nitrogen and oxygen atoms in total. The minimum Gasteiger partial charge on any atom is -0.312 e. The van der Waals surface area contributed by atoms with Crippen LogP contribution in [0.5, 0.6) is 0 Å². The largest absolute Gasteiger partial charge is 0.312 e. The van der Waals surface area contributed by atoms with Gasteiger partial charge in [-0.05, 0) is 19.8 Å². The fourth-order valence-corrected chi connectivity index (χ4v) is 3.24. The van der Waals surface area contributed by atoms with Crippen molar-refractivity contribution >= 4 is 9.84 Å². The standard InChI is InChI=1S/C9H16N2O2S/c1-8(5-10)6-11-9-3-2-4-14(12,13)7-9/h8-9,11H,2-4,6-7H2,1H3. The lowest BCUT2D eigenvalue weighted by Crippen LogP contribution is -2.41. The van der Waals surface area contributed by atoms with Gasteiger partial charge in [0.15, 0.2) is 9.84 Å². The number of hydrogen-bond acceptors (Lipinski definition) is 4. The molecule has 1 heterocycles. The summed E-state index contributed by atoms with van der Waals surface area (Å²) in [5.74, 6) is 0.490. The van der Waals surface area contributed by atoms with Crippen molar-refractivity contribution in [2.75, 3.05) is 18.1 Å². The highest BCUT2D eigenvalue weighted by atomic mass is 32.2. The highest BCUT2D eigenvalue weighted by Crippen LogP contribution is 2.12. The van der Waals surface area contributed by atoms with Crippen LogP contribution in [0.2, 0.25) is 0 Å². The Balaban J connectivity index is 2.36. The minimum atomic E-state index is -2.83. The van der Waals surface area contributed by atoms with E-state index >= 15 is 0 Å². The van der Waals surface area contributed by atoms with Crippen LogP contribution >= 0.6 is 0 Å². The number of nitriles is 1. The SMILES string of the molecule is CC(C#N)CNC1CCCS(=O)(=O)C1. The monoisotopic (exact) mass is 216 g/mol. The van der Waals surface area contributed by atoms with Gasteiger partial charge in [-0.1, -0.05) is 0 Å². The van der Waals surface area contributed by atoms with E-state index in [9.17, 15) is 8.42 Å². The Kier molecular flexibility index (Phi) is 3.90. The predicted octanol–water partition coefficient (Wildman–Crippen LogP) is 0.313. The van der Waals surface area contributed by atoms with Crippen LogP contribution in [0.25, 0.3) is 0 Å². The van der Waals surface area contributed by atoms with Crippen molar-refractivity contribution in [1.29, 1.82) is 5.26 Å². The number of nitrogens with one attached hydrogen (secondary N) is 1. The molecule has 2 unspecified atom stereocenters. The Labute approximate surface area is 85.2 Å². The molecular formula is C9H16N2O2S. The second-order valence-electron chi connectivity index (χ2n) is 3.89. The van der Waals surface area contributed by atoms with Crippen LogP contribution in [0.3, 0.4) is 0 Å². The second-order valence-corrected chi connectivity index (χ2v) is 6.12. The molecule has 0 saturated carbocycles. The van der Waals surface area contributed by atoms with Gasteiger partial charge in [0.1, 0.15) is 0 Å². The summed E-state index contributed by atoms with van der Waals surface area (Å²) in [5.41, 5.74) is 0. The van der Waals surface area contributed by atoms with Gasteiger partial charge in [0, 0.05) is 12.6 Å². The minimum absolute atomic E-state index is 0.0459. The lowest BCUT2D eigenvalue weighted by Gasteiger charge is -2.23. The maximum atomic E-state index is 11.3. The van der Waals surface area contributed by atoms with Gasteiger partial charge in [0.05, 0.1) is 23.5 Å². The molecule has 0 aromatic heterocycles. The van der Waals surface area contributed by atoms with Crippen molar-refractivity contribution in [2.45, 2.75) is 25.8 Å². The van der Waals surface area contributed by atoms with Gasteiger partial charge in [-0.15, -0.1) is 0 Å². The third-order valence-electron chi connectivity index (χ3n) is 2.40. The molecule has 1 fully saturated rings. The van der Waals surface area contributed by atoms with E-state index < -0.39 is 9.84 Å². The quantitative estimate of drug-likeness (QED) is 0.737. The van der Waals surface area contributed by atoms with E-state index in [0.717, 1.165) is 12.8 Å². The van der Waals surface area contributed by atoms with Crippen molar-refractivity contribution < 1.29 is 8.42 Å². The average Bonchev–Trinajstić information content (AvgIpc) is 2.12. The zero-order valence-electron chi connectivity index (χ0n) is 8.36. The Morgan fingerprint density at radius 1 is 1.64 bits per heavy atom. The molecule has 0 bridgehead atoms. The topological polar surface area (TPSA) is 70.0 Å². The van der Waals surface area contributed by atoms with Crippen molar-refractivity contribution in [3.05, 3.63) is 0 Å². The third-order valence-corrected chi connectivity index (χ3v) is 4.22. The van der Waals surface area contributed by atoms with E-state index in [1.807, 2.05) is 6.92 Å². The van der Waals surface area contributed by atoms with Gasteiger partial charge >= 0.3 is 0 Å². The Morgan fingerprint density at radius 3 is 2.93 bits per heavy atom. The number of rotatable bonds is 3. The lowest BCUT2D eigenvalue weighted by atomic mass is 10.1. The molecule has 0 aromatic carbocycles. The first-order chi connectivity index (χ1) is 6.53. The van der Waals surface area contributed by atoms with Crippen molar-refractivity contribution in [2.24, 2.45) is 5.92 Å². The molecule has 1 N–H and O–H groups in total. The van der Waals surface area contributed by atoms with Crippen LogP contribution in [0.1, 0.15) is 19.8 Å². The summed E-state index contributed by atoms with van der Waals surface area (Å²) in [4.78, 5) is 0. The molecule has 0 spiro atoms. The van der Waals surface area contributed by atoms with Gasteiger partial charge < -0.3 is 5.32 Å². The van der Waals surface area contributed by atoms with Gasteiger partial charge in [-0.3, -0.25) is 0 Å². The molecule has 0 aromatic rings. The second kappa shape index (κ2) is 4.76. The third kappa shape index (κ3) is 3.64. The van der Waals surface area contributed by atoms with E-state index in [1.54, 1.807) is 0 Å². The molecule has 0 aliphatic carbocycles. The molecule has 0 radical (unpaired) electrons. The van der Waals surface area contributed by atoms with E-state index in [1.165, 1.54) is 0 Å². The van der Waals surface area contributed by atoms with E-state index in [4.69, 9.17) is 5.26 Å². The average molecular weight is 216 g/mol. The fourth-order valence-electron chi connectivity index (χ4n) is 1.57. The molecule has 1 aliphatic heterocycles. The predicted molar refractivity (Wildman–Crippen MR) is 54.5 cm³/mol. The van der Waals surface area contributed by atoms with Crippen LogP contribution in [0, 0.1) is 17.2 Å². The summed E-state index contributed by atoms with van der Waals surface area (Å²) < 4.78 is 22.5.